The van der Waals surface area contributed by atoms with Gasteiger partial charge in [0.15, 0.2) is 0 Å². The van der Waals surface area contributed by atoms with Crippen LogP contribution in [0.4, 0.5) is 0 Å². The number of likely N-dealkylation sites (tertiary alicyclic amines) is 1. The third kappa shape index (κ3) is 5.36. The zero-order chi connectivity index (χ0) is 16.2. The molecule has 0 N–H and O–H groups in total. The Labute approximate surface area is 134 Å². The van der Waals surface area contributed by atoms with Gasteiger partial charge in [-0.15, -0.1) is 0 Å². The summed E-state index contributed by atoms with van der Waals surface area (Å²) in [6.45, 7) is 7.09. The molecule has 1 atom stereocenters. The minimum absolute atomic E-state index is 0.163. The lowest BCUT2D eigenvalue weighted by molar-refractivity contribution is 0.276. The molecule has 1 saturated heterocycles. The van der Waals surface area contributed by atoms with Crippen LogP contribution in [0.1, 0.15) is 44.4 Å². The van der Waals surface area contributed by atoms with Crippen LogP contribution in [0.25, 0.3) is 0 Å². The third-order valence-corrected chi connectivity index (χ3v) is 5.97. The molecule has 2 heterocycles. The highest BCUT2D eigenvalue weighted by molar-refractivity contribution is 7.91. The summed E-state index contributed by atoms with van der Waals surface area (Å²) < 4.78 is 23.4. The molecule has 1 fully saturated rings. The Hall–Kier alpha value is -0.940. The fourth-order valence-electron chi connectivity index (χ4n) is 3.06. The van der Waals surface area contributed by atoms with Gasteiger partial charge in [0.1, 0.15) is 9.84 Å². The van der Waals surface area contributed by atoms with Crippen molar-refractivity contribution in [3.05, 3.63) is 29.6 Å². The number of rotatable bonds is 5. The Kier molecular flexibility index (Phi) is 5.98. The van der Waals surface area contributed by atoms with E-state index in [1.165, 1.54) is 11.8 Å². The van der Waals surface area contributed by atoms with E-state index in [0.29, 0.717) is 5.92 Å². The third-order valence-electron chi connectivity index (χ3n) is 4.28. The first kappa shape index (κ1) is 17.4. The SMILES string of the molecule is CC(C)Cc1ccc(CN2CCCC(S(C)(=O)=O)CC2)cn1. The molecule has 1 aliphatic heterocycles. The summed E-state index contributed by atoms with van der Waals surface area (Å²) in [5.74, 6) is 0.622. The normalized spacial score (nSPS) is 21.0. The maximum absolute atomic E-state index is 11.7. The quantitative estimate of drug-likeness (QED) is 0.835. The Morgan fingerprint density at radius 1 is 1.27 bits per heavy atom. The molecule has 0 aromatic carbocycles. The fraction of sp³-hybridized carbons (Fsp3) is 0.706. The van der Waals surface area contributed by atoms with Gasteiger partial charge in [-0.3, -0.25) is 9.88 Å². The summed E-state index contributed by atoms with van der Waals surface area (Å²) in [6.07, 6.45) is 6.84. The van der Waals surface area contributed by atoms with Crippen molar-refractivity contribution in [3.8, 4) is 0 Å². The predicted molar refractivity (Wildman–Crippen MR) is 90.5 cm³/mol. The molecular weight excluding hydrogens is 296 g/mol. The molecule has 124 valence electrons. The van der Waals surface area contributed by atoms with Gasteiger partial charge >= 0.3 is 0 Å². The molecule has 0 amide bonds. The summed E-state index contributed by atoms with van der Waals surface area (Å²) in [6, 6.07) is 4.27. The molecule has 4 nitrogen and oxygen atoms in total. The molecule has 1 aromatic rings. The number of aromatic nitrogens is 1. The van der Waals surface area contributed by atoms with Crippen LogP contribution < -0.4 is 0 Å². The van der Waals surface area contributed by atoms with Crippen LogP contribution in [-0.4, -0.2) is 42.9 Å². The molecule has 5 heteroatoms. The number of nitrogens with zero attached hydrogens (tertiary/aromatic N) is 2. The van der Waals surface area contributed by atoms with Gasteiger partial charge in [-0.25, -0.2) is 8.42 Å². The molecule has 0 bridgehead atoms. The molecule has 1 aromatic heterocycles. The van der Waals surface area contributed by atoms with E-state index in [2.05, 4.69) is 35.9 Å². The topological polar surface area (TPSA) is 50.3 Å². The van der Waals surface area contributed by atoms with Crippen molar-refractivity contribution in [1.82, 2.24) is 9.88 Å². The van der Waals surface area contributed by atoms with Crippen LogP contribution >= 0.6 is 0 Å². The second kappa shape index (κ2) is 7.55. The maximum atomic E-state index is 11.7. The van der Waals surface area contributed by atoms with E-state index in [-0.39, 0.29) is 5.25 Å². The Balaban J connectivity index is 1.91. The summed E-state index contributed by atoms with van der Waals surface area (Å²) in [4.78, 5) is 6.89. The number of hydrogen-bond donors (Lipinski definition) is 0. The zero-order valence-electron chi connectivity index (χ0n) is 14.0. The van der Waals surface area contributed by atoms with E-state index in [9.17, 15) is 8.42 Å². The fourth-order valence-corrected chi connectivity index (χ4v) is 4.19. The molecule has 0 spiro atoms. The lowest BCUT2D eigenvalue weighted by atomic mass is 10.1. The lowest BCUT2D eigenvalue weighted by Crippen LogP contribution is -2.26. The van der Waals surface area contributed by atoms with Crippen molar-refractivity contribution in [2.75, 3.05) is 19.3 Å². The second-order valence-electron chi connectivity index (χ2n) is 6.91. The minimum Gasteiger partial charge on any atom is -0.299 e. The van der Waals surface area contributed by atoms with Crippen LogP contribution in [0.5, 0.6) is 0 Å². The average molecular weight is 324 g/mol. The van der Waals surface area contributed by atoms with Crippen molar-refractivity contribution in [1.29, 1.82) is 0 Å². The number of hydrogen-bond acceptors (Lipinski definition) is 4. The van der Waals surface area contributed by atoms with Crippen LogP contribution in [0, 0.1) is 5.92 Å². The first-order valence-corrected chi connectivity index (χ1v) is 10.1. The summed E-state index contributed by atoms with van der Waals surface area (Å²) in [7, 11) is -2.90. The smallest absolute Gasteiger partial charge is 0.150 e. The van der Waals surface area contributed by atoms with E-state index < -0.39 is 9.84 Å². The van der Waals surface area contributed by atoms with Crippen LogP contribution in [0.15, 0.2) is 18.3 Å². The van der Waals surface area contributed by atoms with Crippen molar-refractivity contribution < 1.29 is 8.42 Å². The second-order valence-corrected chi connectivity index (χ2v) is 9.24. The monoisotopic (exact) mass is 324 g/mol. The summed E-state index contributed by atoms with van der Waals surface area (Å²) in [5.41, 5.74) is 2.36. The molecule has 0 aliphatic carbocycles. The van der Waals surface area contributed by atoms with Crippen molar-refractivity contribution in [2.45, 2.75) is 51.3 Å². The van der Waals surface area contributed by atoms with Gasteiger partial charge in [-0.1, -0.05) is 19.9 Å². The van der Waals surface area contributed by atoms with Gasteiger partial charge in [-0.05, 0) is 56.3 Å². The van der Waals surface area contributed by atoms with Crippen molar-refractivity contribution in [3.63, 3.8) is 0 Å². The highest BCUT2D eigenvalue weighted by Gasteiger charge is 2.24. The Morgan fingerprint density at radius 3 is 2.64 bits per heavy atom. The largest absolute Gasteiger partial charge is 0.299 e. The lowest BCUT2D eigenvalue weighted by Gasteiger charge is -2.20. The Bertz CT molecular complexity index is 567. The molecule has 1 unspecified atom stereocenters. The number of pyridine rings is 1. The van der Waals surface area contributed by atoms with E-state index >= 15 is 0 Å². The molecule has 0 radical (unpaired) electrons. The van der Waals surface area contributed by atoms with Gasteiger partial charge < -0.3 is 0 Å². The first-order valence-electron chi connectivity index (χ1n) is 8.19. The van der Waals surface area contributed by atoms with E-state index in [4.69, 9.17) is 0 Å². The highest BCUT2D eigenvalue weighted by atomic mass is 32.2. The van der Waals surface area contributed by atoms with E-state index in [1.54, 1.807) is 0 Å². The molecular formula is C17H28N2O2S. The van der Waals surface area contributed by atoms with E-state index in [1.807, 2.05) is 6.20 Å². The number of sulfone groups is 1. The van der Waals surface area contributed by atoms with Crippen molar-refractivity contribution in [2.24, 2.45) is 5.92 Å². The van der Waals surface area contributed by atoms with Gasteiger partial charge in [0.25, 0.3) is 0 Å². The van der Waals surface area contributed by atoms with Gasteiger partial charge in [-0.2, -0.15) is 0 Å². The van der Waals surface area contributed by atoms with E-state index in [0.717, 1.165) is 51.0 Å². The van der Waals surface area contributed by atoms with Crippen LogP contribution in [-0.2, 0) is 22.8 Å². The Morgan fingerprint density at radius 2 is 2.05 bits per heavy atom. The van der Waals surface area contributed by atoms with Crippen LogP contribution in [0.2, 0.25) is 0 Å². The predicted octanol–water partition coefficient (Wildman–Crippen LogP) is 2.68. The van der Waals surface area contributed by atoms with Gasteiger partial charge in [0, 0.05) is 24.7 Å². The highest BCUT2D eigenvalue weighted by Crippen LogP contribution is 2.19. The van der Waals surface area contributed by atoms with Gasteiger partial charge in [0.2, 0.25) is 0 Å². The summed E-state index contributed by atoms with van der Waals surface area (Å²) >= 11 is 0. The average Bonchev–Trinajstić information content (AvgIpc) is 2.65. The zero-order valence-corrected chi connectivity index (χ0v) is 14.8. The molecule has 2 rings (SSSR count). The minimum atomic E-state index is -2.90. The van der Waals surface area contributed by atoms with Crippen molar-refractivity contribution >= 4 is 9.84 Å². The van der Waals surface area contributed by atoms with Gasteiger partial charge in [0.05, 0.1) is 5.25 Å². The first-order chi connectivity index (χ1) is 10.3. The molecule has 0 saturated carbocycles. The maximum Gasteiger partial charge on any atom is 0.150 e. The van der Waals surface area contributed by atoms with Crippen LogP contribution in [0.3, 0.4) is 0 Å². The standard InChI is InChI=1S/C17H28N2O2S/c1-14(2)11-16-7-6-15(12-18-16)13-19-9-4-5-17(8-10-19)22(3,20)21/h6-7,12,14,17H,4-5,8-11,13H2,1-3H3. The molecule has 1 aliphatic rings. The molecule has 22 heavy (non-hydrogen) atoms. The summed E-state index contributed by atoms with van der Waals surface area (Å²) in [5, 5.41) is -0.163.